The first-order valence-corrected chi connectivity index (χ1v) is 6.45. The summed E-state index contributed by atoms with van der Waals surface area (Å²) in [6.45, 7) is 3.04. The number of likely N-dealkylation sites (N-methyl/N-ethyl adjacent to an activating group) is 1. The molecule has 3 nitrogen and oxygen atoms in total. The van der Waals surface area contributed by atoms with Crippen LogP contribution in [0, 0.1) is 6.92 Å². The van der Waals surface area contributed by atoms with E-state index in [4.69, 9.17) is 0 Å². The summed E-state index contributed by atoms with van der Waals surface area (Å²) in [6, 6.07) is 8.32. The first-order chi connectivity index (χ1) is 8.22. The summed E-state index contributed by atoms with van der Waals surface area (Å²) in [7, 11) is 1.96. The SMILES string of the molecule is CNCCc1cnn(-c2cccc(C)c2)c1Br. The summed E-state index contributed by atoms with van der Waals surface area (Å²) in [6.07, 6.45) is 2.90. The normalized spacial score (nSPS) is 10.8. The summed E-state index contributed by atoms with van der Waals surface area (Å²) in [4.78, 5) is 0. The van der Waals surface area contributed by atoms with Crippen molar-refractivity contribution in [1.29, 1.82) is 0 Å². The summed E-state index contributed by atoms with van der Waals surface area (Å²) in [5, 5.41) is 7.57. The smallest absolute Gasteiger partial charge is 0.113 e. The molecule has 17 heavy (non-hydrogen) atoms. The summed E-state index contributed by atoms with van der Waals surface area (Å²) < 4.78 is 2.97. The lowest BCUT2D eigenvalue weighted by molar-refractivity contribution is 0.787. The van der Waals surface area contributed by atoms with Crippen LogP contribution in [0.25, 0.3) is 5.69 Å². The Morgan fingerprint density at radius 3 is 2.94 bits per heavy atom. The Labute approximate surface area is 110 Å². The largest absolute Gasteiger partial charge is 0.319 e. The van der Waals surface area contributed by atoms with E-state index in [1.165, 1.54) is 11.1 Å². The van der Waals surface area contributed by atoms with Crippen LogP contribution in [0.5, 0.6) is 0 Å². The monoisotopic (exact) mass is 293 g/mol. The molecular weight excluding hydrogens is 278 g/mol. The highest BCUT2D eigenvalue weighted by atomic mass is 79.9. The molecule has 0 saturated carbocycles. The quantitative estimate of drug-likeness (QED) is 0.939. The Hall–Kier alpha value is -1.13. The molecule has 0 unspecified atom stereocenters. The van der Waals surface area contributed by atoms with Crippen molar-refractivity contribution in [3.05, 3.63) is 46.2 Å². The Balaban J connectivity index is 2.30. The van der Waals surface area contributed by atoms with Gasteiger partial charge in [0.1, 0.15) is 4.60 Å². The third-order valence-corrected chi connectivity index (χ3v) is 3.52. The summed E-state index contributed by atoms with van der Waals surface area (Å²) in [5.74, 6) is 0. The fourth-order valence-corrected chi connectivity index (χ4v) is 2.33. The Morgan fingerprint density at radius 2 is 2.24 bits per heavy atom. The van der Waals surface area contributed by atoms with E-state index in [-0.39, 0.29) is 0 Å². The van der Waals surface area contributed by atoms with E-state index in [0.717, 1.165) is 23.3 Å². The zero-order valence-corrected chi connectivity index (χ0v) is 11.7. The van der Waals surface area contributed by atoms with Crippen LogP contribution in [-0.4, -0.2) is 23.4 Å². The van der Waals surface area contributed by atoms with Gasteiger partial charge >= 0.3 is 0 Å². The second kappa shape index (κ2) is 5.47. The fourth-order valence-electron chi connectivity index (χ4n) is 1.73. The van der Waals surface area contributed by atoms with Gasteiger partial charge in [-0.2, -0.15) is 5.10 Å². The van der Waals surface area contributed by atoms with Crippen molar-refractivity contribution in [2.45, 2.75) is 13.3 Å². The molecule has 1 heterocycles. The zero-order chi connectivity index (χ0) is 12.3. The topological polar surface area (TPSA) is 29.9 Å². The van der Waals surface area contributed by atoms with E-state index in [0.29, 0.717) is 0 Å². The van der Waals surface area contributed by atoms with Gasteiger partial charge in [0.25, 0.3) is 0 Å². The van der Waals surface area contributed by atoms with Crippen LogP contribution < -0.4 is 5.32 Å². The predicted octanol–water partition coefficient (Wildman–Crippen LogP) is 2.71. The minimum Gasteiger partial charge on any atom is -0.319 e. The summed E-state index contributed by atoms with van der Waals surface area (Å²) in [5.41, 5.74) is 3.55. The van der Waals surface area contributed by atoms with E-state index in [1.54, 1.807) is 0 Å². The van der Waals surface area contributed by atoms with E-state index in [2.05, 4.69) is 51.5 Å². The average molecular weight is 294 g/mol. The Kier molecular flexibility index (Phi) is 3.97. The van der Waals surface area contributed by atoms with Crippen LogP contribution >= 0.6 is 15.9 Å². The second-order valence-electron chi connectivity index (χ2n) is 4.06. The van der Waals surface area contributed by atoms with Gasteiger partial charge in [0.05, 0.1) is 11.9 Å². The third-order valence-electron chi connectivity index (χ3n) is 2.67. The Morgan fingerprint density at radius 1 is 1.41 bits per heavy atom. The highest BCUT2D eigenvalue weighted by Gasteiger charge is 2.08. The van der Waals surface area contributed by atoms with Crippen molar-refractivity contribution in [3.63, 3.8) is 0 Å². The molecule has 0 bridgehead atoms. The molecule has 0 aliphatic carbocycles. The van der Waals surface area contributed by atoms with Crippen LogP contribution in [0.4, 0.5) is 0 Å². The predicted molar refractivity (Wildman–Crippen MR) is 73.6 cm³/mol. The molecular formula is C13H16BrN3. The van der Waals surface area contributed by atoms with Gasteiger partial charge in [-0.05, 0) is 60.6 Å². The van der Waals surface area contributed by atoms with Gasteiger partial charge in [-0.15, -0.1) is 0 Å². The number of rotatable bonds is 4. The number of aryl methyl sites for hydroxylation is 1. The highest BCUT2D eigenvalue weighted by molar-refractivity contribution is 9.10. The lowest BCUT2D eigenvalue weighted by atomic mass is 10.2. The van der Waals surface area contributed by atoms with Gasteiger partial charge < -0.3 is 5.32 Å². The zero-order valence-electron chi connectivity index (χ0n) is 10.1. The molecule has 0 spiro atoms. The molecule has 1 aromatic heterocycles. The van der Waals surface area contributed by atoms with Crippen molar-refractivity contribution in [2.75, 3.05) is 13.6 Å². The third kappa shape index (κ3) is 2.76. The standard InChI is InChI=1S/C13H16BrN3/c1-10-4-3-5-12(8-10)17-13(14)11(9-16-17)6-7-15-2/h3-5,8-9,15H,6-7H2,1-2H3. The van der Waals surface area contributed by atoms with Crippen LogP contribution in [0.2, 0.25) is 0 Å². The second-order valence-corrected chi connectivity index (χ2v) is 4.82. The van der Waals surface area contributed by atoms with Gasteiger partial charge in [-0.1, -0.05) is 12.1 Å². The molecule has 90 valence electrons. The first-order valence-electron chi connectivity index (χ1n) is 5.66. The van der Waals surface area contributed by atoms with Crippen molar-refractivity contribution in [3.8, 4) is 5.69 Å². The van der Waals surface area contributed by atoms with E-state index in [9.17, 15) is 0 Å². The average Bonchev–Trinajstić information content (AvgIpc) is 2.68. The van der Waals surface area contributed by atoms with Gasteiger partial charge in [0.2, 0.25) is 0 Å². The molecule has 1 N–H and O–H groups in total. The van der Waals surface area contributed by atoms with Gasteiger partial charge in [0.15, 0.2) is 0 Å². The van der Waals surface area contributed by atoms with E-state index in [1.807, 2.05) is 24.0 Å². The maximum atomic E-state index is 4.42. The molecule has 0 aliphatic heterocycles. The molecule has 0 fully saturated rings. The molecule has 0 aliphatic rings. The minimum absolute atomic E-state index is 0.956. The number of benzene rings is 1. The molecule has 2 aromatic rings. The minimum atomic E-state index is 0.956. The maximum Gasteiger partial charge on any atom is 0.113 e. The van der Waals surface area contributed by atoms with Gasteiger partial charge in [0, 0.05) is 5.56 Å². The molecule has 1 aromatic carbocycles. The number of hydrogen-bond acceptors (Lipinski definition) is 2. The van der Waals surface area contributed by atoms with Crippen LogP contribution in [0.3, 0.4) is 0 Å². The number of halogens is 1. The van der Waals surface area contributed by atoms with Crippen molar-refractivity contribution in [1.82, 2.24) is 15.1 Å². The highest BCUT2D eigenvalue weighted by Crippen LogP contribution is 2.21. The van der Waals surface area contributed by atoms with Crippen LogP contribution in [0.15, 0.2) is 35.1 Å². The fraction of sp³-hybridized carbons (Fsp3) is 0.308. The number of aromatic nitrogens is 2. The molecule has 0 amide bonds. The first kappa shape index (κ1) is 12.3. The summed E-state index contributed by atoms with van der Waals surface area (Å²) >= 11 is 3.62. The van der Waals surface area contributed by atoms with Crippen molar-refractivity contribution in [2.24, 2.45) is 0 Å². The van der Waals surface area contributed by atoms with E-state index < -0.39 is 0 Å². The van der Waals surface area contributed by atoms with Crippen molar-refractivity contribution < 1.29 is 0 Å². The van der Waals surface area contributed by atoms with Gasteiger partial charge in [-0.25, -0.2) is 4.68 Å². The Bertz CT molecular complexity index is 505. The molecule has 2 rings (SSSR count). The molecule has 0 radical (unpaired) electrons. The van der Waals surface area contributed by atoms with Crippen LogP contribution in [0.1, 0.15) is 11.1 Å². The number of nitrogens with zero attached hydrogens (tertiary/aromatic N) is 2. The number of nitrogens with one attached hydrogen (secondary N) is 1. The molecule has 4 heteroatoms. The van der Waals surface area contributed by atoms with Crippen LogP contribution in [-0.2, 0) is 6.42 Å². The number of hydrogen-bond donors (Lipinski definition) is 1. The van der Waals surface area contributed by atoms with Crippen molar-refractivity contribution >= 4 is 15.9 Å². The maximum absolute atomic E-state index is 4.42. The van der Waals surface area contributed by atoms with Gasteiger partial charge in [-0.3, -0.25) is 0 Å². The molecule has 0 atom stereocenters. The lowest BCUT2D eigenvalue weighted by Gasteiger charge is -2.05. The van der Waals surface area contributed by atoms with E-state index >= 15 is 0 Å². The lowest BCUT2D eigenvalue weighted by Crippen LogP contribution is -2.10. The molecule has 0 saturated heterocycles.